The van der Waals surface area contributed by atoms with Crippen molar-refractivity contribution in [3.05, 3.63) is 18.0 Å². The van der Waals surface area contributed by atoms with Gasteiger partial charge in [0.2, 0.25) is 0 Å². The first-order valence-corrected chi connectivity index (χ1v) is 6.80. The molecule has 0 radical (unpaired) electrons. The van der Waals surface area contributed by atoms with E-state index in [1.165, 1.54) is 0 Å². The van der Waals surface area contributed by atoms with Crippen molar-refractivity contribution in [2.75, 3.05) is 0 Å². The van der Waals surface area contributed by atoms with Gasteiger partial charge in [-0.25, -0.2) is 0 Å². The van der Waals surface area contributed by atoms with Crippen LogP contribution in [0.15, 0.2) is 12.4 Å². The van der Waals surface area contributed by atoms with Crippen molar-refractivity contribution in [2.45, 2.75) is 39.0 Å². The van der Waals surface area contributed by atoms with Gasteiger partial charge < -0.3 is 5.11 Å². The van der Waals surface area contributed by atoms with Crippen LogP contribution >= 0.6 is 0 Å². The van der Waals surface area contributed by atoms with Crippen LogP contribution in [0.5, 0.6) is 0 Å². The van der Waals surface area contributed by atoms with Crippen LogP contribution in [0.2, 0.25) is 0 Å². The molecule has 1 aromatic rings. The Morgan fingerprint density at radius 2 is 2.33 bits per heavy atom. The number of hydrogen-bond acceptors (Lipinski definition) is 2. The van der Waals surface area contributed by atoms with Crippen LogP contribution in [-0.2, 0) is 18.3 Å². The third kappa shape index (κ3) is 2.92. The number of aryl methyl sites for hydroxylation is 1. The molecule has 0 saturated heterocycles. The molecule has 0 spiro atoms. The molecule has 3 atom stereocenters. The highest BCUT2D eigenvalue weighted by Gasteiger charge is 2.34. The number of carboxylic acid groups (broad SMARTS) is 1. The minimum Gasteiger partial charge on any atom is -0.481 e. The second-order valence-electron chi connectivity index (χ2n) is 5.52. The topological polar surface area (TPSA) is 55.1 Å². The first-order chi connectivity index (χ1) is 8.60. The van der Waals surface area contributed by atoms with Crippen LogP contribution in [0, 0.1) is 17.8 Å². The highest BCUT2D eigenvalue weighted by atomic mass is 16.4. The minimum absolute atomic E-state index is 0.173. The Labute approximate surface area is 108 Å². The molecule has 1 aromatic heterocycles. The predicted molar refractivity (Wildman–Crippen MR) is 69.2 cm³/mol. The second-order valence-corrected chi connectivity index (χ2v) is 5.52. The average molecular weight is 250 g/mol. The predicted octanol–water partition coefficient (Wildman–Crippen LogP) is 2.49. The number of aliphatic carboxylic acids is 1. The van der Waals surface area contributed by atoms with Gasteiger partial charge in [-0.1, -0.05) is 13.3 Å². The molecule has 0 aliphatic heterocycles. The van der Waals surface area contributed by atoms with Crippen molar-refractivity contribution in [3.63, 3.8) is 0 Å². The summed E-state index contributed by atoms with van der Waals surface area (Å²) in [5.41, 5.74) is 1.16. The summed E-state index contributed by atoms with van der Waals surface area (Å²) in [6, 6.07) is 0. The lowest BCUT2D eigenvalue weighted by Gasteiger charge is -2.33. The van der Waals surface area contributed by atoms with E-state index in [9.17, 15) is 9.90 Å². The van der Waals surface area contributed by atoms with Crippen molar-refractivity contribution in [1.29, 1.82) is 0 Å². The van der Waals surface area contributed by atoms with Gasteiger partial charge in [-0.05, 0) is 43.1 Å². The number of nitrogens with zero attached hydrogens (tertiary/aromatic N) is 2. The molecular formula is C14H22N2O2. The summed E-state index contributed by atoms with van der Waals surface area (Å²) < 4.78 is 1.78. The van der Waals surface area contributed by atoms with Gasteiger partial charge >= 0.3 is 5.97 Å². The quantitative estimate of drug-likeness (QED) is 0.893. The largest absolute Gasteiger partial charge is 0.481 e. The molecule has 1 N–H and O–H groups in total. The highest BCUT2D eigenvalue weighted by Crippen LogP contribution is 2.37. The molecule has 100 valence electrons. The molecule has 3 unspecified atom stereocenters. The minimum atomic E-state index is -0.626. The molecular weight excluding hydrogens is 228 g/mol. The van der Waals surface area contributed by atoms with Crippen molar-refractivity contribution < 1.29 is 9.90 Å². The van der Waals surface area contributed by atoms with E-state index in [-0.39, 0.29) is 11.8 Å². The number of rotatable bonds is 4. The van der Waals surface area contributed by atoms with Crippen LogP contribution in [0.1, 0.15) is 38.2 Å². The maximum atomic E-state index is 11.3. The van der Waals surface area contributed by atoms with Gasteiger partial charge in [0.05, 0.1) is 12.1 Å². The fourth-order valence-corrected chi connectivity index (χ4v) is 3.16. The summed E-state index contributed by atoms with van der Waals surface area (Å²) in [4.78, 5) is 11.3. The van der Waals surface area contributed by atoms with Crippen LogP contribution in [0.25, 0.3) is 0 Å². The van der Waals surface area contributed by atoms with Crippen molar-refractivity contribution in [2.24, 2.45) is 24.8 Å². The first-order valence-electron chi connectivity index (χ1n) is 6.80. The average Bonchev–Trinajstić information content (AvgIpc) is 2.74. The number of hydrogen-bond donors (Lipinski definition) is 1. The number of carboxylic acids is 1. The standard InChI is InChI=1S/C14H22N2O2/c1-3-10-4-5-13(14(17)18)12(6-10)7-11-8-15-16(2)9-11/h8-10,12-13H,3-7H2,1-2H3,(H,17,18). The zero-order chi connectivity index (χ0) is 13.1. The Morgan fingerprint density at radius 1 is 1.56 bits per heavy atom. The fourth-order valence-electron chi connectivity index (χ4n) is 3.16. The Morgan fingerprint density at radius 3 is 2.89 bits per heavy atom. The first kappa shape index (κ1) is 13.1. The number of carbonyl (C=O) groups is 1. The molecule has 0 amide bonds. The van der Waals surface area contributed by atoms with Gasteiger partial charge in [0.1, 0.15) is 0 Å². The SMILES string of the molecule is CCC1CCC(C(=O)O)C(Cc2cnn(C)c2)C1. The number of aromatic nitrogens is 2. The summed E-state index contributed by atoms with van der Waals surface area (Å²) in [7, 11) is 1.90. The van der Waals surface area contributed by atoms with E-state index in [0.29, 0.717) is 5.92 Å². The maximum absolute atomic E-state index is 11.3. The summed E-state index contributed by atoms with van der Waals surface area (Å²) in [5, 5.41) is 13.5. The molecule has 1 heterocycles. The van der Waals surface area contributed by atoms with Crippen LogP contribution in [0.4, 0.5) is 0 Å². The molecule has 1 fully saturated rings. The van der Waals surface area contributed by atoms with E-state index in [2.05, 4.69) is 12.0 Å². The lowest BCUT2D eigenvalue weighted by atomic mass is 9.71. The lowest BCUT2D eigenvalue weighted by molar-refractivity contribution is -0.145. The van der Waals surface area contributed by atoms with Gasteiger partial charge in [0.15, 0.2) is 0 Å². The van der Waals surface area contributed by atoms with Gasteiger partial charge in [0.25, 0.3) is 0 Å². The van der Waals surface area contributed by atoms with E-state index in [0.717, 1.165) is 37.7 Å². The van der Waals surface area contributed by atoms with E-state index in [1.807, 2.05) is 19.4 Å². The van der Waals surface area contributed by atoms with E-state index in [4.69, 9.17) is 0 Å². The van der Waals surface area contributed by atoms with Gasteiger partial charge in [-0.2, -0.15) is 5.10 Å². The van der Waals surface area contributed by atoms with Crippen molar-refractivity contribution in [3.8, 4) is 0 Å². The van der Waals surface area contributed by atoms with Crippen molar-refractivity contribution in [1.82, 2.24) is 9.78 Å². The van der Waals surface area contributed by atoms with Crippen LogP contribution < -0.4 is 0 Å². The summed E-state index contributed by atoms with van der Waals surface area (Å²) in [5.74, 6) is 0.166. The molecule has 2 rings (SSSR count). The third-order valence-electron chi connectivity index (χ3n) is 4.24. The van der Waals surface area contributed by atoms with E-state index >= 15 is 0 Å². The Balaban J connectivity index is 2.07. The molecule has 1 aliphatic rings. The maximum Gasteiger partial charge on any atom is 0.306 e. The summed E-state index contributed by atoms with van der Waals surface area (Å²) >= 11 is 0. The smallest absolute Gasteiger partial charge is 0.306 e. The van der Waals surface area contributed by atoms with E-state index in [1.54, 1.807) is 4.68 Å². The molecule has 0 bridgehead atoms. The highest BCUT2D eigenvalue weighted by molar-refractivity contribution is 5.70. The molecule has 4 nitrogen and oxygen atoms in total. The third-order valence-corrected chi connectivity index (χ3v) is 4.24. The van der Waals surface area contributed by atoms with Gasteiger partial charge in [0, 0.05) is 13.2 Å². The normalized spacial score (nSPS) is 28.2. The fraction of sp³-hybridized carbons (Fsp3) is 0.714. The Hall–Kier alpha value is -1.32. The monoisotopic (exact) mass is 250 g/mol. The second kappa shape index (κ2) is 5.55. The molecule has 1 aliphatic carbocycles. The Bertz CT molecular complexity index is 414. The molecule has 4 heteroatoms. The van der Waals surface area contributed by atoms with E-state index < -0.39 is 5.97 Å². The van der Waals surface area contributed by atoms with Crippen molar-refractivity contribution >= 4 is 5.97 Å². The van der Waals surface area contributed by atoms with Gasteiger partial charge in [-0.3, -0.25) is 9.48 Å². The Kier molecular flexibility index (Phi) is 4.04. The zero-order valence-corrected chi connectivity index (χ0v) is 11.2. The zero-order valence-electron chi connectivity index (χ0n) is 11.2. The summed E-state index contributed by atoms with van der Waals surface area (Å²) in [6.45, 7) is 2.20. The molecule has 0 aromatic carbocycles. The molecule has 18 heavy (non-hydrogen) atoms. The lowest BCUT2D eigenvalue weighted by Crippen LogP contribution is -2.31. The molecule has 1 saturated carbocycles. The van der Waals surface area contributed by atoms with Gasteiger partial charge in [-0.15, -0.1) is 0 Å². The summed E-state index contributed by atoms with van der Waals surface area (Å²) in [6.07, 6.45) is 8.80. The van der Waals surface area contributed by atoms with Crippen LogP contribution in [0.3, 0.4) is 0 Å². The van der Waals surface area contributed by atoms with Crippen LogP contribution in [-0.4, -0.2) is 20.9 Å².